The van der Waals surface area contributed by atoms with Crippen molar-refractivity contribution in [2.24, 2.45) is 0 Å². The van der Waals surface area contributed by atoms with E-state index in [1.165, 1.54) is 5.56 Å². The first-order chi connectivity index (χ1) is 9.16. The molecule has 0 aliphatic carbocycles. The molecule has 0 spiro atoms. The van der Waals surface area contributed by atoms with Crippen LogP contribution >= 0.6 is 0 Å². The maximum atomic E-state index is 10.8. The van der Waals surface area contributed by atoms with Crippen LogP contribution in [-0.2, 0) is 4.79 Å². The number of ketones is 1. The van der Waals surface area contributed by atoms with Crippen molar-refractivity contribution in [3.05, 3.63) is 42.2 Å². The number of nitrogens with zero attached hydrogens (tertiary/aromatic N) is 2. The molecule has 0 aliphatic heterocycles. The van der Waals surface area contributed by atoms with Crippen LogP contribution in [0.15, 0.2) is 36.7 Å². The number of benzene rings is 1. The second-order valence-corrected chi connectivity index (χ2v) is 4.49. The maximum absolute atomic E-state index is 10.8. The molecule has 1 aromatic heterocycles. The second-order valence-electron chi connectivity index (χ2n) is 4.49. The predicted molar refractivity (Wildman–Crippen MR) is 76.0 cm³/mol. The normalized spacial score (nSPS) is 10.2. The third-order valence-electron chi connectivity index (χ3n) is 2.87. The van der Waals surface area contributed by atoms with Crippen LogP contribution in [0, 0.1) is 6.92 Å². The summed E-state index contributed by atoms with van der Waals surface area (Å²) in [6.45, 7) is 4.21. The molecule has 0 atom stereocenters. The van der Waals surface area contributed by atoms with E-state index in [-0.39, 0.29) is 5.78 Å². The minimum atomic E-state index is 0.157. The van der Waals surface area contributed by atoms with E-state index < -0.39 is 0 Å². The van der Waals surface area contributed by atoms with Gasteiger partial charge in [0.05, 0.1) is 0 Å². The summed E-state index contributed by atoms with van der Waals surface area (Å²) in [5.41, 5.74) is 3.33. The topological polar surface area (TPSA) is 54.9 Å². The van der Waals surface area contributed by atoms with Gasteiger partial charge in [-0.25, -0.2) is 9.97 Å². The number of rotatable bonds is 5. The molecule has 0 unspecified atom stereocenters. The summed E-state index contributed by atoms with van der Waals surface area (Å²) >= 11 is 0. The lowest BCUT2D eigenvalue weighted by Crippen LogP contribution is -2.08. The maximum Gasteiger partial charge on any atom is 0.222 e. The molecule has 4 nitrogen and oxygen atoms in total. The van der Waals surface area contributed by atoms with Gasteiger partial charge in [0.15, 0.2) is 0 Å². The predicted octanol–water partition coefficient (Wildman–Crippen LogP) is 2.84. The van der Waals surface area contributed by atoms with Crippen molar-refractivity contribution in [1.82, 2.24) is 9.97 Å². The Hall–Kier alpha value is -2.23. The molecule has 0 fully saturated rings. The molecule has 1 heterocycles. The van der Waals surface area contributed by atoms with E-state index in [0.717, 1.165) is 11.1 Å². The minimum absolute atomic E-state index is 0.157. The van der Waals surface area contributed by atoms with Crippen molar-refractivity contribution in [2.75, 3.05) is 11.9 Å². The van der Waals surface area contributed by atoms with Gasteiger partial charge in [-0.2, -0.15) is 0 Å². The Morgan fingerprint density at radius 2 is 1.89 bits per heavy atom. The lowest BCUT2D eigenvalue weighted by atomic mass is 10.0. The number of anilines is 1. The van der Waals surface area contributed by atoms with Gasteiger partial charge in [-0.1, -0.05) is 24.3 Å². The Kier molecular flexibility index (Phi) is 4.23. The monoisotopic (exact) mass is 255 g/mol. The highest BCUT2D eigenvalue weighted by atomic mass is 16.1. The van der Waals surface area contributed by atoms with Crippen LogP contribution in [0.1, 0.15) is 18.9 Å². The molecule has 4 heteroatoms. The largest absolute Gasteiger partial charge is 0.354 e. The van der Waals surface area contributed by atoms with Gasteiger partial charge in [0.1, 0.15) is 5.78 Å². The molecular weight excluding hydrogens is 238 g/mol. The summed E-state index contributed by atoms with van der Waals surface area (Å²) in [6, 6.07) is 8.13. The fourth-order valence-corrected chi connectivity index (χ4v) is 1.81. The molecule has 2 aromatic rings. The molecule has 0 radical (unpaired) electrons. The number of Topliss-reactive ketones (excluding diaryl/α,β-unsaturated/α-hetero) is 1. The molecule has 0 saturated carbocycles. The first-order valence-corrected chi connectivity index (χ1v) is 6.28. The highest BCUT2D eigenvalue weighted by molar-refractivity contribution is 5.75. The molecule has 1 aromatic carbocycles. The van der Waals surface area contributed by atoms with Crippen LogP contribution in [0.25, 0.3) is 11.1 Å². The van der Waals surface area contributed by atoms with Crippen LogP contribution < -0.4 is 5.32 Å². The zero-order chi connectivity index (χ0) is 13.7. The highest BCUT2D eigenvalue weighted by Crippen LogP contribution is 2.21. The molecule has 0 aliphatic rings. The Balaban J connectivity index is 2.06. The van der Waals surface area contributed by atoms with E-state index in [2.05, 4.69) is 34.3 Å². The van der Waals surface area contributed by atoms with Gasteiger partial charge in [0.25, 0.3) is 0 Å². The number of carbonyl (C=O) groups is 1. The Labute approximate surface area is 112 Å². The van der Waals surface area contributed by atoms with Gasteiger partial charge >= 0.3 is 0 Å². The van der Waals surface area contributed by atoms with E-state index in [1.807, 2.05) is 12.1 Å². The second kappa shape index (κ2) is 6.09. The minimum Gasteiger partial charge on any atom is -0.354 e. The third kappa shape index (κ3) is 3.61. The van der Waals surface area contributed by atoms with E-state index in [1.54, 1.807) is 19.3 Å². The van der Waals surface area contributed by atoms with Gasteiger partial charge < -0.3 is 5.32 Å². The van der Waals surface area contributed by atoms with Gasteiger partial charge in [0.2, 0.25) is 5.95 Å². The van der Waals surface area contributed by atoms with E-state index in [0.29, 0.717) is 18.9 Å². The Bertz CT molecular complexity index is 564. The number of carbonyl (C=O) groups excluding carboxylic acids is 1. The van der Waals surface area contributed by atoms with Gasteiger partial charge in [-0.3, -0.25) is 4.79 Å². The van der Waals surface area contributed by atoms with Gasteiger partial charge in [-0.05, 0) is 25.0 Å². The molecular formula is C15H17N3O. The van der Waals surface area contributed by atoms with Crippen molar-refractivity contribution in [1.29, 1.82) is 0 Å². The highest BCUT2D eigenvalue weighted by Gasteiger charge is 2.03. The fourth-order valence-electron chi connectivity index (χ4n) is 1.81. The van der Waals surface area contributed by atoms with Crippen molar-refractivity contribution in [3.63, 3.8) is 0 Å². The Morgan fingerprint density at radius 3 is 2.53 bits per heavy atom. The summed E-state index contributed by atoms with van der Waals surface area (Å²) in [4.78, 5) is 19.3. The van der Waals surface area contributed by atoms with E-state index in [4.69, 9.17) is 0 Å². The molecule has 2 rings (SSSR count). The van der Waals surface area contributed by atoms with Crippen LogP contribution in [-0.4, -0.2) is 22.3 Å². The number of aromatic nitrogens is 2. The summed E-state index contributed by atoms with van der Waals surface area (Å²) in [7, 11) is 0. The van der Waals surface area contributed by atoms with Crippen molar-refractivity contribution >= 4 is 11.7 Å². The van der Waals surface area contributed by atoms with Gasteiger partial charge in [-0.15, -0.1) is 0 Å². The SMILES string of the molecule is CC(=O)CCNc1ncc(-c2ccccc2C)cn1. The van der Waals surface area contributed by atoms with Crippen LogP contribution in [0.5, 0.6) is 0 Å². The van der Waals surface area contributed by atoms with E-state index in [9.17, 15) is 4.79 Å². The van der Waals surface area contributed by atoms with Crippen LogP contribution in [0.3, 0.4) is 0 Å². The zero-order valence-corrected chi connectivity index (χ0v) is 11.2. The number of hydrogen-bond donors (Lipinski definition) is 1. The van der Waals surface area contributed by atoms with Crippen molar-refractivity contribution in [2.45, 2.75) is 20.3 Å². The lowest BCUT2D eigenvalue weighted by Gasteiger charge is -2.06. The zero-order valence-electron chi connectivity index (χ0n) is 11.2. The standard InChI is InChI=1S/C15H17N3O/c1-11-5-3-4-6-14(11)13-9-17-15(18-10-13)16-8-7-12(2)19/h3-6,9-10H,7-8H2,1-2H3,(H,16,17,18). The average molecular weight is 255 g/mol. The fraction of sp³-hybridized carbons (Fsp3) is 0.267. The van der Waals surface area contributed by atoms with Gasteiger partial charge in [0, 0.05) is 30.9 Å². The molecule has 1 N–H and O–H groups in total. The Morgan fingerprint density at radius 1 is 1.21 bits per heavy atom. The summed E-state index contributed by atoms with van der Waals surface area (Å²) in [6.07, 6.45) is 4.08. The summed E-state index contributed by atoms with van der Waals surface area (Å²) in [5, 5.41) is 3.03. The quantitative estimate of drug-likeness (QED) is 0.892. The number of aryl methyl sites for hydroxylation is 1. The third-order valence-corrected chi connectivity index (χ3v) is 2.87. The molecule has 0 amide bonds. The lowest BCUT2D eigenvalue weighted by molar-refractivity contribution is -0.116. The summed E-state index contributed by atoms with van der Waals surface area (Å²) in [5.74, 6) is 0.711. The number of hydrogen-bond acceptors (Lipinski definition) is 4. The average Bonchev–Trinajstić information content (AvgIpc) is 2.40. The molecule has 98 valence electrons. The molecule has 0 bridgehead atoms. The first kappa shape index (κ1) is 13.2. The van der Waals surface area contributed by atoms with Crippen LogP contribution in [0.2, 0.25) is 0 Å². The number of nitrogens with one attached hydrogen (secondary N) is 1. The summed E-state index contributed by atoms with van der Waals surface area (Å²) < 4.78 is 0. The van der Waals surface area contributed by atoms with E-state index >= 15 is 0 Å². The smallest absolute Gasteiger partial charge is 0.222 e. The molecule has 0 saturated heterocycles. The molecule has 19 heavy (non-hydrogen) atoms. The van der Waals surface area contributed by atoms with Crippen molar-refractivity contribution < 1.29 is 4.79 Å². The first-order valence-electron chi connectivity index (χ1n) is 6.28. The van der Waals surface area contributed by atoms with Crippen LogP contribution in [0.4, 0.5) is 5.95 Å². The van der Waals surface area contributed by atoms with Crippen molar-refractivity contribution in [3.8, 4) is 11.1 Å².